The molecule has 9 heavy (non-hydrogen) atoms. The van der Waals surface area contributed by atoms with Crippen LogP contribution < -0.4 is 11.1 Å². The lowest BCUT2D eigenvalue weighted by Crippen LogP contribution is -2.14. The number of nitrogens with two attached hydrogens (primary N) is 1. The van der Waals surface area contributed by atoms with E-state index in [0.29, 0.717) is 6.04 Å². The molecule has 0 bridgehead atoms. The van der Waals surface area contributed by atoms with E-state index >= 15 is 0 Å². The molecule has 3 N–H and O–H groups in total. The molecule has 2 aliphatic rings. The van der Waals surface area contributed by atoms with Gasteiger partial charge >= 0.3 is 0 Å². The minimum Gasteiger partial charge on any atom is -0.327 e. The van der Waals surface area contributed by atoms with Crippen molar-refractivity contribution in [1.29, 1.82) is 0 Å². The van der Waals surface area contributed by atoms with E-state index in [-0.39, 0.29) is 0 Å². The summed E-state index contributed by atoms with van der Waals surface area (Å²) in [6.45, 7) is 2.44. The van der Waals surface area contributed by atoms with Crippen LogP contribution in [0.25, 0.3) is 0 Å². The molecule has 0 aromatic rings. The average molecular weight is 126 g/mol. The van der Waals surface area contributed by atoms with E-state index in [2.05, 4.69) is 5.32 Å². The summed E-state index contributed by atoms with van der Waals surface area (Å²) in [6, 6.07) is 0.551. The second kappa shape index (κ2) is 1.96. The van der Waals surface area contributed by atoms with E-state index in [1.165, 1.54) is 25.9 Å². The fourth-order valence-corrected chi connectivity index (χ4v) is 1.82. The Hall–Kier alpha value is -0.0800. The highest BCUT2D eigenvalue weighted by Gasteiger charge is 2.40. The molecule has 52 valence electrons. The Morgan fingerprint density at radius 2 is 2.22 bits per heavy atom. The normalized spacial score (nSPS) is 49.7. The van der Waals surface area contributed by atoms with Gasteiger partial charge in [0.1, 0.15) is 0 Å². The molecule has 0 aromatic heterocycles. The fraction of sp³-hybridized carbons (Fsp3) is 1.00. The molecule has 1 saturated heterocycles. The summed E-state index contributed by atoms with van der Waals surface area (Å²) in [5.41, 5.74) is 5.72. The molecule has 1 unspecified atom stereocenters. The molecule has 2 rings (SSSR count). The maximum atomic E-state index is 5.72. The predicted octanol–water partition coefficient (Wildman–Crippen LogP) is -0.0569. The predicted molar refractivity (Wildman–Crippen MR) is 37.1 cm³/mol. The van der Waals surface area contributed by atoms with Crippen LogP contribution in [0.15, 0.2) is 0 Å². The van der Waals surface area contributed by atoms with Crippen LogP contribution in [0.3, 0.4) is 0 Å². The molecule has 3 atom stereocenters. The van der Waals surface area contributed by atoms with Gasteiger partial charge in [0.05, 0.1) is 0 Å². The van der Waals surface area contributed by atoms with E-state index in [9.17, 15) is 0 Å². The highest BCUT2D eigenvalue weighted by Crippen LogP contribution is 2.38. The second-order valence-electron chi connectivity index (χ2n) is 3.32. The Kier molecular flexibility index (Phi) is 1.24. The first-order valence-electron chi connectivity index (χ1n) is 3.84. The average Bonchev–Trinajstić information content (AvgIpc) is 2.44. The second-order valence-corrected chi connectivity index (χ2v) is 3.32. The Labute approximate surface area is 55.8 Å². The summed E-state index contributed by atoms with van der Waals surface area (Å²) in [5.74, 6) is 1.79. The minimum atomic E-state index is 0.551. The summed E-state index contributed by atoms with van der Waals surface area (Å²) in [7, 11) is 0. The van der Waals surface area contributed by atoms with Gasteiger partial charge in [-0.3, -0.25) is 0 Å². The Morgan fingerprint density at radius 1 is 1.44 bits per heavy atom. The summed E-state index contributed by atoms with van der Waals surface area (Å²) in [5, 5.41) is 3.36. The zero-order chi connectivity index (χ0) is 6.27. The van der Waals surface area contributed by atoms with Crippen LogP contribution in [0.5, 0.6) is 0 Å². The molecule has 2 heteroatoms. The molecule has 1 heterocycles. The molecular formula is C7H14N2. The Morgan fingerprint density at radius 3 is 2.67 bits per heavy atom. The summed E-state index contributed by atoms with van der Waals surface area (Å²) in [4.78, 5) is 0. The van der Waals surface area contributed by atoms with Gasteiger partial charge in [0.2, 0.25) is 0 Å². The lowest BCUT2D eigenvalue weighted by molar-refractivity contribution is 0.497. The van der Waals surface area contributed by atoms with Crippen LogP contribution in [0.2, 0.25) is 0 Å². The molecule has 2 nitrogen and oxygen atoms in total. The van der Waals surface area contributed by atoms with Crippen molar-refractivity contribution in [2.45, 2.75) is 18.9 Å². The van der Waals surface area contributed by atoms with Crippen LogP contribution in [0.4, 0.5) is 0 Å². The third-order valence-electron chi connectivity index (χ3n) is 2.60. The summed E-state index contributed by atoms with van der Waals surface area (Å²) >= 11 is 0. The standard InChI is InChI=1S/C7H14N2/c8-7-3-6(7)5-1-2-9-4-5/h5-7,9H,1-4,8H2/t5?,6-,7+/m1/s1. The van der Waals surface area contributed by atoms with Gasteiger partial charge in [-0.2, -0.15) is 0 Å². The molecule has 0 spiro atoms. The quantitative estimate of drug-likeness (QED) is 0.516. The highest BCUT2D eigenvalue weighted by molar-refractivity contribution is 4.97. The number of rotatable bonds is 1. The van der Waals surface area contributed by atoms with E-state index < -0.39 is 0 Å². The van der Waals surface area contributed by atoms with Crippen molar-refractivity contribution in [2.24, 2.45) is 17.6 Å². The van der Waals surface area contributed by atoms with E-state index in [4.69, 9.17) is 5.73 Å². The van der Waals surface area contributed by atoms with Gasteiger partial charge in [0.15, 0.2) is 0 Å². The van der Waals surface area contributed by atoms with Crippen LogP contribution in [0, 0.1) is 11.8 Å². The molecule has 0 amide bonds. The number of hydrogen-bond acceptors (Lipinski definition) is 2. The molecule has 0 aromatic carbocycles. The van der Waals surface area contributed by atoms with Crippen LogP contribution in [-0.2, 0) is 0 Å². The van der Waals surface area contributed by atoms with E-state index in [0.717, 1.165) is 11.8 Å². The van der Waals surface area contributed by atoms with E-state index in [1.54, 1.807) is 0 Å². The largest absolute Gasteiger partial charge is 0.327 e. The molecule has 1 aliphatic heterocycles. The lowest BCUT2D eigenvalue weighted by atomic mass is 10.0. The van der Waals surface area contributed by atoms with E-state index in [1.807, 2.05) is 0 Å². The maximum Gasteiger partial charge on any atom is 0.00742 e. The molecule has 1 aliphatic carbocycles. The van der Waals surface area contributed by atoms with Crippen LogP contribution >= 0.6 is 0 Å². The zero-order valence-corrected chi connectivity index (χ0v) is 5.64. The smallest absolute Gasteiger partial charge is 0.00742 e. The van der Waals surface area contributed by atoms with Gasteiger partial charge in [-0.25, -0.2) is 0 Å². The third kappa shape index (κ3) is 0.970. The third-order valence-corrected chi connectivity index (χ3v) is 2.60. The summed E-state index contributed by atoms with van der Waals surface area (Å²) < 4.78 is 0. The van der Waals surface area contributed by atoms with Gasteiger partial charge in [0, 0.05) is 6.04 Å². The molecule has 0 radical (unpaired) electrons. The Balaban J connectivity index is 1.85. The van der Waals surface area contributed by atoms with Gasteiger partial charge in [0.25, 0.3) is 0 Å². The first kappa shape index (κ1) is 5.69. The summed E-state index contributed by atoms with van der Waals surface area (Å²) in [6.07, 6.45) is 2.64. The highest BCUT2D eigenvalue weighted by atomic mass is 14.9. The fourth-order valence-electron chi connectivity index (χ4n) is 1.82. The van der Waals surface area contributed by atoms with Crippen molar-refractivity contribution in [3.8, 4) is 0 Å². The van der Waals surface area contributed by atoms with Crippen molar-refractivity contribution in [3.05, 3.63) is 0 Å². The zero-order valence-electron chi connectivity index (χ0n) is 5.64. The molecular weight excluding hydrogens is 112 g/mol. The van der Waals surface area contributed by atoms with Gasteiger partial charge in [-0.15, -0.1) is 0 Å². The minimum absolute atomic E-state index is 0.551. The topological polar surface area (TPSA) is 38.0 Å². The number of nitrogens with one attached hydrogen (secondary N) is 1. The van der Waals surface area contributed by atoms with Gasteiger partial charge < -0.3 is 11.1 Å². The lowest BCUT2D eigenvalue weighted by Gasteiger charge is -2.03. The van der Waals surface area contributed by atoms with Gasteiger partial charge in [-0.05, 0) is 37.8 Å². The number of hydrogen-bond donors (Lipinski definition) is 2. The Bertz CT molecular complexity index is 107. The van der Waals surface area contributed by atoms with Gasteiger partial charge in [-0.1, -0.05) is 0 Å². The van der Waals surface area contributed by atoms with Crippen molar-refractivity contribution < 1.29 is 0 Å². The van der Waals surface area contributed by atoms with Crippen LogP contribution in [0.1, 0.15) is 12.8 Å². The van der Waals surface area contributed by atoms with Crippen molar-refractivity contribution in [1.82, 2.24) is 5.32 Å². The molecule has 2 fully saturated rings. The SMILES string of the molecule is N[C@H]1C[C@@H]1C1CCNC1. The van der Waals surface area contributed by atoms with Crippen LogP contribution in [-0.4, -0.2) is 19.1 Å². The maximum absolute atomic E-state index is 5.72. The first-order chi connectivity index (χ1) is 4.38. The van der Waals surface area contributed by atoms with Crippen molar-refractivity contribution in [3.63, 3.8) is 0 Å². The van der Waals surface area contributed by atoms with Crippen molar-refractivity contribution in [2.75, 3.05) is 13.1 Å². The van der Waals surface area contributed by atoms with Crippen molar-refractivity contribution >= 4 is 0 Å². The monoisotopic (exact) mass is 126 g/mol. The molecule has 1 saturated carbocycles. The first-order valence-corrected chi connectivity index (χ1v) is 3.84.